The maximum atomic E-state index is 11.9. The molecule has 1 aliphatic rings. The highest BCUT2D eigenvalue weighted by atomic mass is 35.5. The quantitative estimate of drug-likeness (QED) is 0.902. The van der Waals surface area contributed by atoms with Crippen molar-refractivity contribution in [2.45, 2.75) is 19.9 Å². The van der Waals surface area contributed by atoms with Crippen LogP contribution in [0.2, 0.25) is 0 Å². The first-order chi connectivity index (χ1) is 7.63. The molecule has 1 aromatic heterocycles. The van der Waals surface area contributed by atoms with Crippen LogP contribution in [0, 0.1) is 5.41 Å². The second-order valence-corrected chi connectivity index (χ2v) is 4.78. The summed E-state index contributed by atoms with van der Waals surface area (Å²) in [5.41, 5.74) is 5.81. The van der Waals surface area contributed by atoms with E-state index in [1.54, 1.807) is 17.1 Å². The average molecular weight is 295 g/mol. The van der Waals surface area contributed by atoms with Gasteiger partial charge in [-0.3, -0.25) is 9.48 Å². The van der Waals surface area contributed by atoms with Gasteiger partial charge in [-0.2, -0.15) is 5.10 Å². The lowest BCUT2D eigenvalue weighted by Crippen LogP contribution is -2.36. The molecule has 0 aromatic carbocycles. The molecule has 0 aliphatic carbocycles. The van der Waals surface area contributed by atoms with Crippen molar-refractivity contribution < 1.29 is 4.79 Å². The van der Waals surface area contributed by atoms with Crippen molar-refractivity contribution in [2.24, 2.45) is 11.1 Å². The molecular formula is C11H20Cl2N4O. The van der Waals surface area contributed by atoms with Gasteiger partial charge in [0.15, 0.2) is 0 Å². The van der Waals surface area contributed by atoms with E-state index in [1.807, 2.05) is 11.0 Å². The molecule has 0 radical (unpaired) electrons. The number of carbonyl (C=O) groups excluding carboxylic acids is 1. The summed E-state index contributed by atoms with van der Waals surface area (Å²) in [5, 5.41) is 4.03. The van der Waals surface area contributed by atoms with E-state index in [0.717, 1.165) is 19.5 Å². The van der Waals surface area contributed by atoms with E-state index in [-0.39, 0.29) is 36.1 Å². The fourth-order valence-electron chi connectivity index (χ4n) is 2.04. The summed E-state index contributed by atoms with van der Waals surface area (Å²) in [6.45, 7) is 4.68. The molecule has 104 valence electrons. The molecule has 2 rings (SSSR count). The van der Waals surface area contributed by atoms with Crippen molar-refractivity contribution in [3.05, 3.63) is 18.5 Å². The van der Waals surface area contributed by atoms with Crippen molar-refractivity contribution in [2.75, 3.05) is 19.6 Å². The predicted molar refractivity (Wildman–Crippen MR) is 75.1 cm³/mol. The molecular weight excluding hydrogens is 275 g/mol. The first-order valence-corrected chi connectivity index (χ1v) is 5.58. The molecule has 1 saturated heterocycles. The third-order valence-electron chi connectivity index (χ3n) is 3.26. The number of likely N-dealkylation sites (tertiary alicyclic amines) is 1. The molecule has 5 nitrogen and oxygen atoms in total. The molecule has 1 aliphatic heterocycles. The van der Waals surface area contributed by atoms with E-state index >= 15 is 0 Å². The topological polar surface area (TPSA) is 64.2 Å². The number of hydrogen-bond acceptors (Lipinski definition) is 3. The number of nitrogens with two attached hydrogens (primary N) is 1. The highest BCUT2D eigenvalue weighted by Gasteiger charge is 2.34. The summed E-state index contributed by atoms with van der Waals surface area (Å²) in [6.07, 6.45) is 4.48. The Hall–Kier alpha value is -0.780. The van der Waals surface area contributed by atoms with Crippen LogP contribution in [-0.2, 0) is 11.3 Å². The number of aromatic nitrogens is 2. The molecule has 1 unspecified atom stereocenters. The van der Waals surface area contributed by atoms with Crippen molar-refractivity contribution in [1.82, 2.24) is 14.7 Å². The zero-order valence-corrected chi connectivity index (χ0v) is 12.0. The normalized spacial score (nSPS) is 22.2. The molecule has 18 heavy (non-hydrogen) atoms. The number of halogens is 2. The van der Waals surface area contributed by atoms with Gasteiger partial charge in [-0.1, -0.05) is 6.92 Å². The molecule has 0 bridgehead atoms. The van der Waals surface area contributed by atoms with E-state index in [1.165, 1.54) is 0 Å². The van der Waals surface area contributed by atoms with Crippen LogP contribution >= 0.6 is 24.8 Å². The monoisotopic (exact) mass is 294 g/mol. The predicted octanol–water partition coefficient (Wildman–Crippen LogP) is 0.924. The van der Waals surface area contributed by atoms with Crippen LogP contribution in [0.5, 0.6) is 0 Å². The van der Waals surface area contributed by atoms with Gasteiger partial charge >= 0.3 is 0 Å². The Balaban J connectivity index is 0.00000144. The van der Waals surface area contributed by atoms with Crippen LogP contribution < -0.4 is 5.73 Å². The number of nitrogens with zero attached hydrogens (tertiary/aromatic N) is 3. The van der Waals surface area contributed by atoms with Gasteiger partial charge in [0.05, 0.1) is 0 Å². The van der Waals surface area contributed by atoms with Gasteiger partial charge in [0, 0.05) is 25.5 Å². The Morgan fingerprint density at radius 2 is 2.22 bits per heavy atom. The summed E-state index contributed by atoms with van der Waals surface area (Å²) in [5.74, 6) is 0.126. The van der Waals surface area contributed by atoms with Gasteiger partial charge in [0.2, 0.25) is 5.91 Å². The SMILES string of the molecule is CC1(CN)CCN(C(=O)Cn2cccn2)C1.Cl.Cl. The van der Waals surface area contributed by atoms with Gasteiger partial charge < -0.3 is 10.6 Å². The Kier molecular flexibility index (Phi) is 6.67. The van der Waals surface area contributed by atoms with Crippen LogP contribution in [0.1, 0.15) is 13.3 Å². The number of amides is 1. The minimum Gasteiger partial charge on any atom is -0.340 e. The van der Waals surface area contributed by atoms with E-state index in [2.05, 4.69) is 12.0 Å². The molecule has 1 aromatic rings. The average Bonchev–Trinajstić information content (AvgIpc) is 2.88. The van der Waals surface area contributed by atoms with Crippen LogP contribution in [0.3, 0.4) is 0 Å². The first-order valence-electron chi connectivity index (χ1n) is 5.58. The maximum Gasteiger partial charge on any atom is 0.244 e. The lowest BCUT2D eigenvalue weighted by Gasteiger charge is -2.22. The molecule has 2 N–H and O–H groups in total. The van der Waals surface area contributed by atoms with E-state index < -0.39 is 0 Å². The largest absolute Gasteiger partial charge is 0.340 e. The molecule has 0 spiro atoms. The van der Waals surface area contributed by atoms with Crippen LogP contribution in [0.25, 0.3) is 0 Å². The molecule has 0 saturated carbocycles. The standard InChI is InChI=1S/C11H18N4O.2ClH/c1-11(8-12)3-6-14(9-11)10(16)7-15-5-2-4-13-15;;/h2,4-5H,3,6-9,12H2,1H3;2*1H. The minimum absolute atomic E-state index is 0. The summed E-state index contributed by atoms with van der Waals surface area (Å²) < 4.78 is 1.65. The van der Waals surface area contributed by atoms with E-state index in [4.69, 9.17) is 5.73 Å². The highest BCUT2D eigenvalue weighted by Crippen LogP contribution is 2.28. The Morgan fingerprint density at radius 1 is 1.50 bits per heavy atom. The fourth-order valence-corrected chi connectivity index (χ4v) is 2.04. The third kappa shape index (κ3) is 3.86. The lowest BCUT2D eigenvalue weighted by molar-refractivity contribution is -0.131. The van der Waals surface area contributed by atoms with Gasteiger partial charge in [-0.25, -0.2) is 0 Å². The molecule has 1 fully saturated rings. The number of rotatable bonds is 3. The van der Waals surface area contributed by atoms with E-state index in [9.17, 15) is 4.79 Å². The molecule has 1 atom stereocenters. The third-order valence-corrected chi connectivity index (χ3v) is 3.26. The Bertz CT molecular complexity index is 371. The van der Waals surface area contributed by atoms with E-state index in [0.29, 0.717) is 13.1 Å². The van der Waals surface area contributed by atoms with Gasteiger partial charge in [-0.15, -0.1) is 24.8 Å². The fraction of sp³-hybridized carbons (Fsp3) is 0.636. The van der Waals surface area contributed by atoms with Gasteiger partial charge in [-0.05, 0) is 24.4 Å². The minimum atomic E-state index is 0. The van der Waals surface area contributed by atoms with Crippen molar-refractivity contribution in [1.29, 1.82) is 0 Å². The Morgan fingerprint density at radius 3 is 2.72 bits per heavy atom. The molecule has 2 heterocycles. The second kappa shape index (κ2) is 6.97. The number of carbonyl (C=O) groups is 1. The molecule has 1 amide bonds. The Labute approximate surface area is 120 Å². The number of hydrogen-bond donors (Lipinski definition) is 1. The zero-order chi connectivity index (χ0) is 11.6. The molecule has 7 heteroatoms. The van der Waals surface area contributed by atoms with Crippen LogP contribution in [-0.4, -0.2) is 40.2 Å². The lowest BCUT2D eigenvalue weighted by atomic mass is 9.90. The van der Waals surface area contributed by atoms with Crippen LogP contribution in [0.4, 0.5) is 0 Å². The van der Waals surface area contributed by atoms with Crippen molar-refractivity contribution >= 4 is 30.7 Å². The maximum absolute atomic E-state index is 11.9. The second-order valence-electron chi connectivity index (χ2n) is 4.78. The van der Waals surface area contributed by atoms with Gasteiger partial charge in [0.1, 0.15) is 6.54 Å². The summed E-state index contributed by atoms with van der Waals surface area (Å²) in [6, 6.07) is 1.82. The van der Waals surface area contributed by atoms with Crippen LogP contribution in [0.15, 0.2) is 18.5 Å². The summed E-state index contributed by atoms with van der Waals surface area (Å²) >= 11 is 0. The van der Waals surface area contributed by atoms with Crippen molar-refractivity contribution in [3.63, 3.8) is 0 Å². The smallest absolute Gasteiger partial charge is 0.244 e. The summed E-state index contributed by atoms with van der Waals surface area (Å²) in [4.78, 5) is 13.8. The van der Waals surface area contributed by atoms with Gasteiger partial charge in [0.25, 0.3) is 0 Å². The summed E-state index contributed by atoms with van der Waals surface area (Å²) in [7, 11) is 0. The first kappa shape index (κ1) is 17.2. The van der Waals surface area contributed by atoms with Crippen molar-refractivity contribution in [3.8, 4) is 0 Å². The highest BCUT2D eigenvalue weighted by molar-refractivity contribution is 5.85. The zero-order valence-electron chi connectivity index (χ0n) is 10.4.